The zero-order valence-corrected chi connectivity index (χ0v) is 16.3. The summed E-state index contributed by atoms with van der Waals surface area (Å²) in [6.07, 6.45) is 6.32. The van der Waals surface area contributed by atoms with E-state index in [-0.39, 0.29) is 5.91 Å². The molecular formula is C20H25N3O2S. The third-order valence-electron chi connectivity index (χ3n) is 4.58. The number of carbonyl (C=O) groups is 1. The lowest BCUT2D eigenvalue weighted by molar-refractivity contribution is -0.114. The normalized spacial score (nSPS) is 19.5. The fourth-order valence-corrected chi connectivity index (χ4v) is 4.09. The molecule has 1 unspecified atom stereocenters. The summed E-state index contributed by atoms with van der Waals surface area (Å²) in [5, 5.41) is 3.43. The lowest BCUT2D eigenvalue weighted by Gasteiger charge is -2.34. The standard InChI is InChI=1S/C20H25N3O2S/c1-14-10-17(11-16-4-6-18(25-3)7-5-16)8-9-23(14)13-19-12-21-20(26-19)22-15(2)24/h4-7,11-12,14H,8-10,13H2,1-3H3,(H,21,22,24)/b17-11-. The molecule has 0 spiro atoms. The summed E-state index contributed by atoms with van der Waals surface area (Å²) in [5.41, 5.74) is 2.71. The largest absolute Gasteiger partial charge is 0.497 e. The Morgan fingerprint density at radius 3 is 2.85 bits per heavy atom. The molecule has 1 amide bonds. The van der Waals surface area contributed by atoms with Crippen molar-refractivity contribution in [2.24, 2.45) is 0 Å². The highest BCUT2D eigenvalue weighted by molar-refractivity contribution is 7.15. The van der Waals surface area contributed by atoms with E-state index in [1.807, 2.05) is 18.3 Å². The van der Waals surface area contributed by atoms with Crippen molar-refractivity contribution in [3.05, 3.63) is 46.5 Å². The van der Waals surface area contributed by atoms with Crippen molar-refractivity contribution in [2.45, 2.75) is 39.3 Å². The van der Waals surface area contributed by atoms with Crippen molar-refractivity contribution in [1.82, 2.24) is 9.88 Å². The number of thiazole rings is 1. The van der Waals surface area contributed by atoms with E-state index in [4.69, 9.17) is 4.74 Å². The van der Waals surface area contributed by atoms with E-state index in [0.717, 1.165) is 31.7 Å². The lowest BCUT2D eigenvalue weighted by atomic mass is 9.95. The number of benzene rings is 1. The molecule has 0 saturated carbocycles. The average Bonchev–Trinajstić information content (AvgIpc) is 3.04. The van der Waals surface area contributed by atoms with Crippen molar-refractivity contribution in [1.29, 1.82) is 0 Å². The molecule has 1 aliphatic heterocycles. The van der Waals surface area contributed by atoms with Crippen LogP contribution in [0.2, 0.25) is 0 Å². The van der Waals surface area contributed by atoms with Crippen LogP contribution in [0.25, 0.3) is 6.08 Å². The van der Waals surface area contributed by atoms with Gasteiger partial charge in [-0.2, -0.15) is 0 Å². The summed E-state index contributed by atoms with van der Waals surface area (Å²) in [7, 11) is 1.69. The van der Waals surface area contributed by atoms with E-state index in [1.165, 1.54) is 22.9 Å². The number of aromatic nitrogens is 1. The number of piperidine rings is 1. The first-order valence-electron chi connectivity index (χ1n) is 8.83. The van der Waals surface area contributed by atoms with E-state index in [9.17, 15) is 4.79 Å². The van der Waals surface area contributed by atoms with Crippen LogP contribution in [0.15, 0.2) is 36.0 Å². The number of anilines is 1. The van der Waals surface area contributed by atoms with Crippen molar-refractivity contribution in [2.75, 3.05) is 19.0 Å². The summed E-state index contributed by atoms with van der Waals surface area (Å²) in [6, 6.07) is 8.69. The highest BCUT2D eigenvalue weighted by atomic mass is 32.1. The Kier molecular flexibility index (Phi) is 6.06. The molecule has 2 aromatic rings. The predicted molar refractivity (Wildman–Crippen MR) is 106 cm³/mol. The minimum Gasteiger partial charge on any atom is -0.497 e. The molecule has 0 bridgehead atoms. The SMILES string of the molecule is COc1ccc(/C=C2/CCN(Cc3cnc(NC(C)=O)s3)C(C)C2)cc1. The summed E-state index contributed by atoms with van der Waals surface area (Å²) in [4.78, 5) is 19.1. The minimum absolute atomic E-state index is 0.0782. The molecule has 138 valence electrons. The molecule has 1 saturated heterocycles. The van der Waals surface area contributed by atoms with E-state index in [0.29, 0.717) is 11.2 Å². The van der Waals surface area contributed by atoms with Crippen molar-refractivity contribution in [3.63, 3.8) is 0 Å². The van der Waals surface area contributed by atoms with Crippen LogP contribution in [0.3, 0.4) is 0 Å². The Balaban J connectivity index is 1.58. The molecule has 5 nitrogen and oxygen atoms in total. The zero-order chi connectivity index (χ0) is 18.5. The second kappa shape index (κ2) is 8.47. The van der Waals surface area contributed by atoms with E-state index >= 15 is 0 Å². The molecule has 1 fully saturated rings. The Morgan fingerprint density at radius 1 is 1.42 bits per heavy atom. The summed E-state index contributed by atoms with van der Waals surface area (Å²) in [6.45, 7) is 5.70. The number of carbonyl (C=O) groups excluding carboxylic acids is 1. The van der Waals surface area contributed by atoms with Gasteiger partial charge in [-0.25, -0.2) is 4.98 Å². The van der Waals surface area contributed by atoms with Gasteiger partial charge in [0.05, 0.1) is 7.11 Å². The maximum Gasteiger partial charge on any atom is 0.223 e. The third kappa shape index (κ3) is 4.93. The number of methoxy groups -OCH3 is 1. The number of likely N-dealkylation sites (tertiary alicyclic amines) is 1. The van der Waals surface area contributed by atoms with Gasteiger partial charge in [-0.3, -0.25) is 9.69 Å². The monoisotopic (exact) mass is 371 g/mol. The third-order valence-corrected chi connectivity index (χ3v) is 5.48. The van der Waals surface area contributed by atoms with Gasteiger partial charge in [0.1, 0.15) is 5.75 Å². The number of ether oxygens (including phenoxy) is 1. The first-order valence-corrected chi connectivity index (χ1v) is 9.65. The van der Waals surface area contributed by atoms with E-state index in [1.54, 1.807) is 18.4 Å². The molecule has 3 rings (SSSR count). The van der Waals surface area contributed by atoms with Gasteiger partial charge in [0, 0.05) is 37.1 Å². The maximum absolute atomic E-state index is 11.1. The molecule has 26 heavy (non-hydrogen) atoms. The zero-order valence-electron chi connectivity index (χ0n) is 15.5. The van der Waals surface area contributed by atoms with Gasteiger partial charge < -0.3 is 10.1 Å². The predicted octanol–water partition coefficient (Wildman–Crippen LogP) is 4.18. The summed E-state index contributed by atoms with van der Waals surface area (Å²) < 4.78 is 5.22. The fraction of sp³-hybridized carbons (Fsp3) is 0.400. The minimum atomic E-state index is -0.0782. The number of hydrogen-bond acceptors (Lipinski definition) is 5. The number of nitrogens with zero attached hydrogens (tertiary/aromatic N) is 2. The Hall–Kier alpha value is -2.18. The molecule has 6 heteroatoms. The molecular weight excluding hydrogens is 346 g/mol. The van der Waals surface area contributed by atoms with Gasteiger partial charge in [-0.05, 0) is 37.5 Å². The van der Waals surface area contributed by atoms with Crippen LogP contribution in [0, 0.1) is 0 Å². The van der Waals surface area contributed by atoms with E-state index < -0.39 is 0 Å². The summed E-state index contributed by atoms with van der Waals surface area (Å²) >= 11 is 1.55. The molecule has 2 heterocycles. The average molecular weight is 372 g/mol. The van der Waals surface area contributed by atoms with Gasteiger partial charge in [0.15, 0.2) is 5.13 Å². The molecule has 1 atom stereocenters. The molecule has 0 aliphatic carbocycles. The number of hydrogen-bond donors (Lipinski definition) is 1. The smallest absolute Gasteiger partial charge is 0.223 e. The van der Waals surface area contributed by atoms with Crippen molar-refractivity contribution in [3.8, 4) is 5.75 Å². The second-order valence-corrected chi connectivity index (χ2v) is 7.78. The van der Waals surface area contributed by atoms with Gasteiger partial charge in [0.25, 0.3) is 0 Å². The molecule has 1 aromatic heterocycles. The number of nitrogens with one attached hydrogen (secondary N) is 1. The fourth-order valence-electron chi connectivity index (χ4n) is 3.21. The Labute approximate surface area is 158 Å². The molecule has 0 radical (unpaired) electrons. The van der Waals surface area contributed by atoms with Gasteiger partial charge in [-0.1, -0.05) is 23.8 Å². The highest BCUT2D eigenvalue weighted by Gasteiger charge is 2.22. The lowest BCUT2D eigenvalue weighted by Crippen LogP contribution is -2.37. The second-order valence-electron chi connectivity index (χ2n) is 6.66. The van der Waals surface area contributed by atoms with Crippen LogP contribution in [0.5, 0.6) is 5.75 Å². The quantitative estimate of drug-likeness (QED) is 0.857. The topological polar surface area (TPSA) is 54.5 Å². The van der Waals surface area contributed by atoms with Crippen LogP contribution < -0.4 is 10.1 Å². The first kappa shape index (κ1) is 18.6. The van der Waals surface area contributed by atoms with Gasteiger partial charge >= 0.3 is 0 Å². The maximum atomic E-state index is 11.1. The first-order chi connectivity index (χ1) is 12.5. The summed E-state index contributed by atoms with van der Waals surface area (Å²) in [5.74, 6) is 0.809. The van der Waals surface area contributed by atoms with Gasteiger partial charge in [-0.15, -0.1) is 11.3 Å². The van der Waals surface area contributed by atoms with E-state index in [2.05, 4.69) is 40.3 Å². The number of rotatable bonds is 5. The van der Waals surface area contributed by atoms with Crippen LogP contribution in [-0.2, 0) is 11.3 Å². The number of amides is 1. The molecule has 1 aromatic carbocycles. The highest BCUT2D eigenvalue weighted by Crippen LogP contribution is 2.28. The van der Waals surface area contributed by atoms with Crippen molar-refractivity contribution >= 4 is 28.5 Å². The molecule has 1 N–H and O–H groups in total. The van der Waals surface area contributed by atoms with Crippen molar-refractivity contribution < 1.29 is 9.53 Å². The molecule has 1 aliphatic rings. The van der Waals surface area contributed by atoms with Crippen LogP contribution >= 0.6 is 11.3 Å². The van der Waals surface area contributed by atoms with Crippen LogP contribution in [0.1, 0.15) is 37.1 Å². The Bertz CT molecular complexity index is 783. The van der Waals surface area contributed by atoms with Gasteiger partial charge in [0.2, 0.25) is 5.91 Å². The van der Waals surface area contributed by atoms with Crippen LogP contribution in [-0.4, -0.2) is 35.5 Å². The Morgan fingerprint density at radius 2 is 2.19 bits per heavy atom. The van der Waals surface area contributed by atoms with Crippen LogP contribution in [0.4, 0.5) is 5.13 Å².